The van der Waals surface area contributed by atoms with Crippen LogP contribution in [0.5, 0.6) is 0 Å². The van der Waals surface area contributed by atoms with Gasteiger partial charge in [0.1, 0.15) is 0 Å². The molecule has 0 aromatic heterocycles. The van der Waals surface area contributed by atoms with E-state index >= 15 is 0 Å². The topological polar surface area (TPSA) is 52.6 Å². The largest absolute Gasteiger partial charge is 0.380 e. The Morgan fingerprint density at radius 3 is 2.65 bits per heavy atom. The van der Waals surface area contributed by atoms with Gasteiger partial charge in [0.15, 0.2) is 0 Å². The van der Waals surface area contributed by atoms with Crippen LogP contribution in [0.2, 0.25) is 5.02 Å². The van der Waals surface area contributed by atoms with Crippen LogP contribution in [-0.2, 0) is 25.6 Å². The van der Waals surface area contributed by atoms with Gasteiger partial charge >= 0.3 is 0 Å². The third kappa shape index (κ3) is 3.42. The predicted octanol–water partition coefficient (Wildman–Crippen LogP) is 1.93. The fourth-order valence-electron chi connectivity index (χ4n) is 1.53. The van der Waals surface area contributed by atoms with E-state index in [4.69, 9.17) is 20.5 Å². The second kappa shape index (κ2) is 4.94. The molecule has 1 aromatic carbocycles. The minimum atomic E-state index is -3.44. The summed E-state index contributed by atoms with van der Waals surface area (Å²) < 4.78 is 31.5. The molecule has 94 valence electrons. The molecule has 6 heteroatoms. The van der Waals surface area contributed by atoms with Crippen LogP contribution in [0.4, 0.5) is 0 Å². The highest BCUT2D eigenvalue weighted by atomic mass is 35.5. The summed E-state index contributed by atoms with van der Waals surface area (Å²) in [4.78, 5) is 0. The zero-order valence-electron chi connectivity index (χ0n) is 9.35. The van der Waals surface area contributed by atoms with E-state index in [1.54, 1.807) is 6.07 Å². The lowest BCUT2D eigenvalue weighted by molar-refractivity contribution is 0.00842. The average Bonchev–Trinajstić information content (AvgIpc) is 2.12. The van der Waals surface area contributed by atoms with Gasteiger partial charge in [0, 0.05) is 10.9 Å². The van der Waals surface area contributed by atoms with Gasteiger partial charge in [-0.25, -0.2) is 0 Å². The number of hydrogen-bond donors (Lipinski definition) is 0. The van der Waals surface area contributed by atoms with Crippen LogP contribution in [0.15, 0.2) is 18.2 Å². The second-order valence-electron chi connectivity index (χ2n) is 4.05. The molecule has 0 saturated carbocycles. The van der Waals surface area contributed by atoms with Crippen LogP contribution in [0, 0.1) is 0 Å². The Kier molecular flexibility index (Phi) is 3.73. The van der Waals surface area contributed by atoms with Gasteiger partial charge < -0.3 is 4.74 Å². The van der Waals surface area contributed by atoms with Gasteiger partial charge in [-0.1, -0.05) is 23.7 Å². The van der Waals surface area contributed by atoms with Crippen molar-refractivity contribution in [1.29, 1.82) is 0 Å². The highest BCUT2D eigenvalue weighted by molar-refractivity contribution is 7.85. The van der Waals surface area contributed by atoms with Crippen molar-refractivity contribution in [2.45, 2.75) is 12.5 Å². The van der Waals surface area contributed by atoms with Crippen molar-refractivity contribution >= 4 is 21.7 Å². The Hall–Kier alpha value is -0.620. The number of benzene rings is 1. The van der Waals surface area contributed by atoms with Crippen molar-refractivity contribution in [3.8, 4) is 0 Å². The highest BCUT2D eigenvalue weighted by Gasteiger charge is 2.21. The maximum atomic E-state index is 10.9. The third-order valence-electron chi connectivity index (χ3n) is 2.62. The van der Waals surface area contributed by atoms with Gasteiger partial charge in [-0.3, -0.25) is 4.18 Å². The monoisotopic (exact) mass is 276 g/mol. The van der Waals surface area contributed by atoms with E-state index in [-0.39, 0.29) is 6.61 Å². The van der Waals surface area contributed by atoms with E-state index in [1.807, 2.05) is 12.1 Å². The summed E-state index contributed by atoms with van der Waals surface area (Å²) in [6.07, 6.45) is 1.01. The van der Waals surface area contributed by atoms with Crippen molar-refractivity contribution in [1.82, 2.24) is 0 Å². The number of rotatable bonds is 4. The van der Waals surface area contributed by atoms with E-state index in [2.05, 4.69) is 0 Å². The molecule has 0 spiro atoms. The van der Waals surface area contributed by atoms with Crippen molar-refractivity contribution in [2.24, 2.45) is 0 Å². The van der Waals surface area contributed by atoms with Crippen molar-refractivity contribution in [3.63, 3.8) is 0 Å². The first-order chi connectivity index (χ1) is 7.96. The third-order valence-corrected chi connectivity index (χ3v) is 3.51. The number of halogens is 1. The van der Waals surface area contributed by atoms with E-state index in [1.165, 1.54) is 0 Å². The molecule has 1 fully saturated rings. The highest BCUT2D eigenvalue weighted by Crippen LogP contribution is 2.28. The summed E-state index contributed by atoms with van der Waals surface area (Å²) in [6, 6.07) is 5.57. The molecule has 1 heterocycles. The van der Waals surface area contributed by atoms with Gasteiger partial charge in [-0.2, -0.15) is 8.42 Å². The summed E-state index contributed by atoms with van der Waals surface area (Å²) in [7, 11) is -3.44. The summed E-state index contributed by atoms with van der Waals surface area (Å²) in [5, 5.41) is 0.526. The lowest BCUT2D eigenvalue weighted by Crippen LogP contribution is -2.25. The Labute approximate surface area is 106 Å². The fourth-order valence-corrected chi connectivity index (χ4v) is 2.12. The van der Waals surface area contributed by atoms with Crippen LogP contribution in [-0.4, -0.2) is 27.9 Å². The molecule has 0 aliphatic carbocycles. The normalized spacial score (nSPS) is 16.8. The summed E-state index contributed by atoms with van der Waals surface area (Å²) in [5.74, 6) is 0.400. The van der Waals surface area contributed by atoms with Crippen LogP contribution >= 0.6 is 11.6 Å². The van der Waals surface area contributed by atoms with Crippen LogP contribution < -0.4 is 0 Å². The quantitative estimate of drug-likeness (QED) is 0.789. The Bertz CT molecular complexity index is 508. The first-order valence-corrected chi connectivity index (χ1v) is 7.35. The van der Waals surface area contributed by atoms with Crippen molar-refractivity contribution in [3.05, 3.63) is 34.3 Å². The lowest BCUT2D eigenvalue weighted by Gasteiger charge is -2.26. The number of hydrogen-bond acceptors (Lipinski definition) is 4. The Morgan fingerprint density at radius 1 is 1.47 bits per heavy atom. The average molecular weight is 277 g/mol. The van der Waals surface area contributed by atoms with Gasteiger partial charge in [0.05, 0.1) is 26.1 Å². The molecule has 0 amide bonds. The smallest absolute Gasteiger partial charge is 0.264 e. The first kappa shape index (κ1) is 12.8. The van der Waals surface area contributed by atoms with Crippen LogP contribution in [0.1, 0.15) is 17.0 Å². The zero-order chi connectivity index (χ0) is 12.5. The molecule has 0 radical (unpaired) electrons. The standard InChI is InChI=1S/C11H13ClO4S/c1-17(13,14)16-7-9-3-2-8(4-11(9)12)10-5-15-6-10/h2-4,10H,5-7H2,1H3. The zero-order valence-corrected chi connectivity index (χ0v) is 10.9. The molecule has 1 aliphatic heterocycles. The van der Waals surface area contributed by atoms with Gasteiger partial charge in [0.2, 0.25) is 0 Å². The van der Waals surface area contributed by atoms with Crippen LogP contribution in [0.3, 0.4) is 0 Å². The minimum absolute atomic E-state index is 0.0287. The number of ether oxygens (including phenoxy) is 1. The molecule has 2 rings (SSSR count). The summed E-state index contributed by atoms with van der Waals surface area (Å²) >= 11 is 6.07. The molecular weight excluding hydrogens is 264 g/mol. The first-order valence-electron chi connectivity index (χ1n) is 5.16. The van der Waals surface area contributed by atoms with Crippen molar-refractivity contribution in [2.75, 3.05) is 19.5 Å². The fraction of sp³-hybridized carbons (Fsp3) is 0.455. The minimum Gasteiger partial charge on any atom is -0.380 e. The van der Waals surface area contributed by atoms with E-state index in [0.717, 1.165) is 25.0 Å². The van der Waals surface area contributed by atoms with E-state index in [9.17, 15) is 8.42 Å². The van der Waals surface area contributed by atoms with E-state index < -0.39 is 10.1 Å². The molecule has 0 unspecified atom stereocenters. The van der Waals surface area contributed by atoms with Gasteiger partial charge in [-0.05, 0) is 17.2 Å². The molecule has 1 aliphatic rings. The summed E-state index contributed by atoms with van der Waals surface area (Å²) in [6.45, 7) is 1.41. The summed E-state index contributed by atoms with van der Waals surface area (Å²) in [5.41, 5.74) is 1.78. The maximum Gasteiger partial charge on any atom is 0.264 e. The van der Waals surface area contributed by atoms with Crippen LogP contribution in [0.25, 0.3) is 0 Å². The molecule has 0 N–H and O–H groups in total. The maximum absolute atomic E-state index is 10.9. The molecule has 4 nitrogen and oxygen atoms in total. The lowest BCUT2D eigenvalue weighted by atomic mass is 9.97. The molecule has 1 aromatic rings. The Morgan fingerprint density at radius 2 is 2.18 bits per heavy atom. The Balaban J connectivity index is 2.08. The predicted molar refractivity (Wildman–Crippen MR) is 64.6 cm³/mol. The van der Waals surface area contributed by atoms with E-state index in [0.29, 0.717) is 16.5 Å². The molecule has 0 atom stereocenters. The molecule has 0 bridgehead atoms. The second-order valence-corrected chi connectivity index (χ2v) is 6.10. The molecule has 1 saturated heterocycles. The molecular formula is C11H13ClO4S. The molecule has 17 heavy (non-hydrogen) atoms. The van der Waals surface area contributed by atoms with Crippen molar-refractivity contribution < 1.29 is 17.3 Å². The van der Waals surface area contributed by atoms with Gasteiger partial charge in [0.25, 0.3) is 10.1 Å². The SMILES string of the molecule is CS(=O)(=O)OCc1ccc(C2COC2)cc1Cl. The van der Waals surface area contributed by atoms with Gasteiger partial charge in [-0.15, -0.1) is 0 Å².